The number of hydrogen-bond donors (Lipinski definition) is 1. The summed E-state index contributed by atoms with van der Waals surface area (Å²) in [6, 6.07) is 0. The Morgan fingerprint density at radius 3 is 2.72 bits per heavy atom. The lowest BCUT2D eigenvalue weighted by atomic mass is 9.93. The molecule has 12 heteroatoms. The van der Waals surface area contributed by atoms with Crippen LogP contribution in [0, 0.1) is 13.5 Å². The molecular formula is C24H39N6O5P. The standard InChI is InChI=1S/C24H39N6O5P/c1-6-24-17-29(10-7-9-28-13-11-27(4)12-14-28)35-19(20(24)36(5)33-15-8-25-3)22(34-24)30-16-18(2)21(31)26-23(30)32/h16,19-20,22H,6-15,17H2,1-2,4-5H3,(H,26,31,32)/t19?,20-,22-,24+,36?/m1/s1. The minimum atomic E-state index is -0.988. The van der Waals surface area contributed by atoms with Crippen molar-refractivity contribution in [2.75, 3.05) is 72.7 Å². The molecule has 0 aromatic carbocycles. The van der Waals surface area contributed by atoms with Gasteiger partial charge in [0.2, 0.25) is 6.54 Å². The molecular weight excluding hydrogens is 483 g/mol. The predicted molar refractivity (Wildman–Crippen MR) is 138 cm³/mol. The first-order chi connectivity index (χ1) is 17.3. The molecule has 200 valence electrons. The first-order valence-corrected chi connectivity index (χ1v) is 14.6. The van der Waals surface area contributed by atoms with E-state index in [4.69, 9.17) is 20.7 Å². The Hall–Kier alpha value is -1.64. The van der Waals surface area contributed by atoms with Crippen LogP contribution >= 0.6 is 8.15 Å². The number of aryl methyl sites for hydroxylation is 1. The molecule has 5 atom stereocenters. The molecule has 3 fully saturated rings. The van der Waals surface area contributed by atoms with Gasteiger partial charge in [0.25, 0.3) is 5.56 Å². The van der Waals surface area contributed by atoms with Crippen LogP contribution in [-0.2, 0) is 14.1 Å². The number of rotatable bonds is 10. The number of nitrogens with one attached hydrogen (secondary N) is 1. The van der Waals surface area contributed by atoms with Gasteiger partial charge in [-0.05, 0) is 40.0 Å². The molecule has 3 aliphatic rings. The fraction of sp³-hybridized carbons (Fsp3) is 0.792. The third-order valence-corrected chi connectivity index (χ3v) is 9.73. The monoisotopic (exact) mass is 522 g/mol. The van der Waals surface area contributed by atoms with E-state index in [-0.39, 0.29) is 5.66 Å². The Labute approximate surface area is 213 Å². The van der Waals surface area contributed by atoms with E-state index in [9.17, 15) is 9.59 Å². The third-order valence-electron chi connectivity index (χ3n) is 7.59. The van der Waals surface area contributed by atoms with Gasteiger partial charge in [-0.15, -0.1) is 0 Å². The van der Waals surface area contributed by atoms with Crippen LogP contribution in [0.15, 0.2) is 15.8 Å². The van der Waals surface area contributed by atoms with Gasteiger partial charge in [-0.1, -0.05) is 6.92 Å². The summed E-state index contributed by atoms with van der Waals surface area (Å²) in [5, 5.41) is 2.01. The summed E-state index contributed by atoms with van der Waals surface area (Å²) in [6.45, 7) is 20.3. The Morgan fingerprint density at radius 2 is 2.03 bits per heavy atom. The van der Waals surface area contributed by atoms with Crippen LogP contribution in [0.25, 0.3) is 4.85 Å². The molecule has 11 nitrogen and oxygen atoms in total. The van der Waals surface area contributed by atoms with Crippen LogP contribution < -0.4 is 11.2 Å². The second kappa shape index (κ2) is 11.8. The van der Waals surface area contributed by atoms with Gasteiger partial charge < -0.3 is 23.9 Å². The first-order valence-electron chi connectivity index (χ1n) is 12.8. The van der Waals surface area contributed by atoms with Gasteiger partial charge in [-0.3, -0.25) is 19.2 Å². The van der Waals surface area contributed by atoms with Gasteiger partial charge in [0.1, 0.15) is 12.7 Å². The Morgan fingerprint density at radius 1 is 1.28 bits per heavy atom. The summed E-state index contributed by atoms with van der Waals surface area (Å²) in [5.41, 5.74) is -1.08. The van der Waals surface area contributed by atoms with Crippen LogP contribution in [0.5, 0.6) is 0 Å². The third kappa shape index (κ3) is 5.76. The largest absolute Gasteiger partial charge is 0.351 e. The molecule has 1 N–H and O–H groups in total. The molecule has 2 unspecified atom stereocenters. The molecule has 1 aromatic heterocycles. The van der Waals surface area contributed by atoms with E-state index in [1.807, 2.05) is 5.06 Å². The van der Waals surface area contributed by atoms with E-state index < -0.39 is 37.3 Å². The lowest BCUT2D eigenvalue weighted by Gasteiger charge is -2.45. The molecule has 0 saturated carbocycles. The number of fused-ring (bicyclic) bond motifs is 2. The number of nitrogens with zero attached hydrogens (tertiary/aromatic N) is 5. The van der Waals surface area contributed by atoms with Crippen molar-refractivity contribution in [3.63, 3.8) is 0 Å². The highest BCUT2D eigenvalue weighted by Gasteiger charge is 2.62. The normalized spacial score (nSPS) is 30.4. The number of H-pyrrole nitrogens is 1. The Kier molecular flexibility index (Phi) is 9.00. The predicted octanol–water partition coefficient (Wildman–Crippen LogP) is 1.11. The lowest BCUT2D eigenvalue weighted by Crippen LogP contribution is -2.57. The Bertz CT molecular complexity index is 1050. The van der Waals surface area contributed by atoms with Crippen LogP contribution in [-0.4, -0.2) is 114 Å². The smallest absolute Gasteiger partial charge is 0.330 e. The van der Waals surface area contributed by atoms with E-state index in [1.165, 1.54) is 4.57 Å². The maximum Gasteiger partial charge on any atom is 0.330 e. The number of likely N-dealkylation sites (N-methyl/N-ethyl adjacent to an activating group) is 1. The van der Waals surface area contributed by atoms with Gasteiger partial charge >= 0.3 is 5.69 Å². The summed E-state index contributed by atoms with van der Waals surface area (Å²) in [5.74, 6) is 0. The second-order valence-corrected chi connectivity index (χ2v) is 12.0. The Balaban J connectivity index is 1.53. The van der Waals surface area contributed by atoms with E-state index in [1.54, 1.807) is 13.1 Å². The van der Waals surface area contributed by atoms with Crippen LogP contribution in [0.3, 0.4) is 0 Å². The molecule has 0 aliphatic carbocycles. The van der Waals surface area contributed by atoms with Crippen LogP contribution in [0.1, 0.15) is 31.6 Å². The van der Waals surface area contributed by atoms with Crippen molar-refractivity contribution >= 4 is 8.15 Å². The van der Waals surface area contributed by atoms with Crippen molar-refractivity contribution in [2.45, 2.75) is 50.3 Å². The summed E-state index contributed by atoms with van der Waals surface area (Å²) < 4.78 is 14.3. The first kappa shape index (κ1) is 27.4. The van der Waals surface area contributed by atoms with Gasteiger partial charge in [-0.2, -0.15) is 5.06 Å². The molecule has 0 radical (unpaired) electrons. The maximum atomic E-state index is 12.8. The van der Waals surface area contributed by atoms with E-state index in [0.29, 0.717) is 25.3 Å². The van der Waals surface area contributed by atoms with Crippen molar-refractivity contribution in [2.24, 2.45) is 0 Å². The summed E-state index contributed by atoms with van der Waals surface area (Å²) >= 11 is 0. The van der Waals surface area contributed by atoms with Gasteiger partial charge in [0.05, 0.1) is 17.8 Å². The van der Waals surface area contributed by atoms with E-state index in [0.717, 1.165) is 52.1 Å². The molecule has 1 aromatic rings. The average molecular weight is 523 g/mol. The van der Waals surface area contributed by atoms with Crippen molar-refractivity contribution in [3.05, 3.63) is 44.0 Å². The van der Waals surface area contributed by atoms with E-state index >= 15 is 0 Å². The number of hydroxylamine groups is 2. The van der Waals surface area contributed by atoms with Crippen LogP contribution in [0.2, 0.25) is 0 Å². The van der Waals surface area contributed by atoms with Gasteiger partial charge in [0.15, 0.2) is 6.23 Å². The average Bonchev–Trinajstić information content (AvgIpc) is 3.07. The highest BCUT2D eigenvalue weighted by molar-refractivity contribution is 7.52. The fourth-order valence-corrected chi connectivity index (χ4v) is 7.63. The van der Waals surface area contributed by atoms with Crippen molar-refractivity contribution < 1.29 is 14.1 Å². The highest BCUT2D eigenvalue weighted by Crippen LogP contribution is 2.58. The zero-order valence-electron chi connectivity index (χ0n) is 21.8. The molecule has 0 spiro atoms. The number of aromatic amines is 1. The minimum Gasteiger partial charge on any atom is -0.351 e. The number of hydrogen-bond acceptors (Lipinski definition) is 8. The maximum absolute atomic E-state index is 12.8. The van der Waals surface area contributed by atoms with Crippen molar-refractivity contribution in [1.82, 2.24) is 24.4 Å². The van der Waals surface area contributed by atoms with Crippen molar-refractivity contribution in [3.8, 4) is 0 Å². The summed E-state index contributed by atoms with van der Waals surface area (Å²) in [7, 11) is 1.17. The lowest BCUT2D eigenvalue weighted by molar-refractivity contribution is -0.227. The minimum absolute atomic E-state index is 0.0683. The number of aromatic nitrogens is 2. The number of piperazine rings is 1. The van der Waals surface area contributed by atoms with Crippen LogP contribution in [0.4, 0.5) is 0 Å². The topological polar surface area (TPSA) is 96.6 Å². The molecule has 0 amide bonds. The molecule has 3 aliphatic heterocycles. The van der Waals surface area contributed by atoms with Crippen molar-refractivity contribution in [1.29, 1.82) is 0 Å². The summed E-state index contributed by atoms with van der Waals surface area (Å²) in [6.07, 6.45) is 2.17. The zero-order chi connectivity index (χ0) is 25.9. The number of ether oxygens (including phenoxy) is 1. The molecule has 2 bridgehead atoms. The molecule has 36 heavy (non-hydrogen) atoms. The highest BCUT2D eigenvalue weighted by atomic mass is 31.1. The second-order valence-electron chi connectivity index (χ2n) is 10.0. The van der Waals surface area contributed by atoms with Gasteiger partial charge in [0, 0.05) is 52.6 Å². The SMILES string of the molecule is [C-]#[N+]CCOP(C)[C@@H]1C2ON(CCCN3CCN(C)CC3)C[C@]1(CC)O[C@H]2n1cc(C)c(=O)[nH]c1=O. The molecule has 4 rings (SSSR count). The zero-order valence-corrected chi connectivity index (χ0v) is 22.7. The van der Waals surface area contributed by atoms with Gasteiger partial charge in [-0.25, -0.2) is 11.4 Å². The quantitative estimate of drug-likeness (QED) is 0.277. The summed E-state index contributed by atoms with van der Waals surface area (Å²) in [4.78, 5) is 42.0. The fourth-order valence-electron chi connectivity index (χ4n) is 5.50. The molecule has 4 heterocycles. The molecule has 3 saturated heterocycles. The van der Waals surface area contributed by atoms with E-state index in [2.05, 4.69) is 40.3 Å².